The molecule has 0 aliphatic carbocycles. The maximum Gasteiger partial charge on any atom is 0.276 e. The normalized spacial score (nSPS) is 9.96. The van der Waals surface area contributed by atoms with Gasteiger partial charge in [-0.3, -0.25) is 25.8 Å². The molecule has 0 unspecified atom stereocenters. The smallest absolute Gasteiger partial charge is 0.276 e. The van der Waals surface area contributed by atoms with E-state index >= 15 is 0 Å². The Labute approximate surface area is 170 Å². The molecule has 0 saturated carbocycles. The third kappa shape index (κ3) is 6.04. The Bertz CT molecular complexity index is 851. The van der Waals surface area contributed by atoms with Gasteiger partial charge in [0, 0.05) is 4.47 Å². The topological polar surface area (TPSA) is 79.5 Å². The SMILES string of the molecule is O=C(COc1ccc(Br)cc1Br)NNC(=S)NC(=O)c1ccccc1F. The van der Waals surface area contributed by atoms with Gasteiger partial charge in [0.2, 0.25) is 0 Å². The molecule has 0 aliphatic rings. The summed E-state index contributed by atoms with van der Waals surface area (Å²) in [6.07, 6.45) is 0. The van der Waals surface area contributed by atoms with E-state index < -0.39 is 17.6 Å². The minimum atomic E-state index is -0.732. The molecule has 10 heteroatoms. The van der Waals surface area contributed by atoms with Crippen LogP contribution < -0.4 is 20.9 Å². The number of thiocarbonyl (C=S) groups is 1. The van der Waals surface area contributed by atoms with E-state index in [1.54, 1.807) is 18.2 Å². The van der Waals surface area contributed by atoms with Gasteiger partial charge in [-0.15, -0.1) is 0 Å². The van der Waals surface area contributed by atoms with Crippen LogP contribution in [0.25, 0.3) is 0 Å². The summed E-state index contributed by atoms with van der Waals surface area (Å²) in [7, 11) is 0. The molecule has 0 radical (unpaired) electrons. The summed E-state index contributed by atoms with van der Waals surface area (Å²) in [5, 5.41) is 2.07. The molecule has 2 aromatic carbocycles. The van der Waals surface area contributed by atoms with Crippen LogP contribution in [0.4, 0.5) is 4.39 Å². The second-order valence-corrected chi connectivity index (χ2v) is 6.98. The van der Waals surface area contributed by atoms with Crippen LogP contribution in [-0.4, -0.2) is 23.5 Å². The van der Waals surface area contributed by atoms with Crippen molar-refractivity contribution in [3.63, 3.8) is 0 Å². The van der Waals surface area contributed by atoms with Gasteiger partial charge in [-0.25, -0.2) is 4.39 Å². The zero-order valence-corrected chi connectivity index (χ0v) is 17.0. The molecule has 0 spiro atoms. The number of hydrazine groups is 1. The van der Waals surface area contributed by atoms with Crippen LogP contribution in [-0.2, 0) is 4.79 Å². The van der Waals surface area contributed by atoms with E-state index in [4.69, 9.17) is 17.0 Å². The molecular weight excluding hydrogens is 493 g/mol. The van der Waals surface area contributed by atoms with E-state index in [0.717, 1.165) is 10.5 Å². The average molecular weight is 505 g/mol. The number of ether oxygens (including phenoxy) is 1. The molecule has 0 aliphatic heterocycles. The Morgan fingerprint density at radius 3 is 2.54 bits per heavy atom. The average Bonchev–Trinajstić information content (AvgIpc) is 2.59. The van der Waals surface area contributed by atoms with E-state index in [2.05, 4.69) is 48.0 Å². The largest absolute Gasteiger partial charge is 0.483 e. The van der Waals surface area contributed by atoms with E-state index in [0.29, 0.717) is 10.2 Å². The molecule has 0 atom stereocenters. The number of carbonyl (C=O) groups is 2. The first-order chi connectivity index (χ1) is 12.4. The third-order valence-electron chi connectivity index (χ3n) is 2.91. The lowest BCUT2D eigenvalue weighted by Crippen LogP contribution is -2.49. The summed E-state index contributed by atoms with van der Waals surface area (Å²) >= 11 is 11.5. The van der Waals surface area contributed by atoms with Crippen molar-refractivity contribution in [3.05, 3.63) is 62.8 Å². The van der Waals surface area contributed by atoms with Gasteiger partial charge in [-0.2, -0.15) is 0 Å². The molecule has 0 heterocycles. The van der Waals surface area contributed by atoms with Crippen molar-refractivity contribution in [1.29, 1.82) is 0 Å². The zero-order chi connectivity index (χ0) is 19.1. The Balaban J connectivity index is 1.77. The van der Waals surface area contributed by atoms with Gasteiger partial charge >= 0.3 is 0 Å². The van der Waals surface area contributed by atoms with Gasteiger partial charge in [0.15, 0.2) is 11.7 Å². The first-order valence-corrected chi connectivity index (χ1v) is 9.09. The lowest BCUT2D eigenvalue weighted by atomic mass is 10.2. The molecule has 0 fully saturated rings. The van der Waals surface area contributed by atoms with Crippen LogP contribution in [0.1, 0.15) is 10.4 Å². The summed E-state index contributed by atoms with van der Waals surface area (Å²) in [6.45, 7) is -0.281. The summed E-state index contributed by atoms with van der Waals surface area (Å²) in [4.78, 5) is 23.6. The Kier molecular flexibility index (Phi) is 7.49. The standard InChI is InChI=1S/C16H12Br2FN3O3S/c17-9-5-6-13(11(18)7-9)25-8-14(23)21-22-16(26)20-15(24)10-3-1-2-4-12(10)19/h1-7H,8H2,(H,21,23)(H2,20,22,24,26). The van der Waals surface area contributed by atoms with Gasteiger partial charge in [0.1, 0.15) is 11.6 Å². The minimum Gasteiger partial charge on any atom is -0.483 e. The van der Waals surface area contributed by atoms with Crippen molar-refractivity contribution in [2.45, 2.75) is 0 Å². The van der Waals surface area contributed by atoms with Crippen LogP contribution >= 0.6 is 44.1 Å². The summed E-state index contributed by atoms with van der Waals surface area (Å²) in [6, 6.07) is 10.7. The summed E-state index contributed by atoms with van der Waals surface area (Å²) in [5.74, 6) is -1.45. The van der Waals surface area contributed by atoms with Gasteiger partial charge in [-0.05, 0) is 58.5 Å². The quantitative estimate of drug-likeness (QED) is 0.440. The number of nitrogens with one attached hydrogen (secondary N) is 3. The van der Waals surface area contributed by atoms with Crippen LogP contribution in [0.2, 0.25) is 0 Å². The number of amides is 2. The second-order valence-electron chi connectivity index (χ2n) is 4.80. The molecule has 0 aromatic heterocycles. The fourth-order valence-electron chi connectivity index (χ4n) is 1.75. The number of rotatable bonds is 4. The highest BCUT2D eigenvalue weighted by Gasteiger charge is 2.12. The molecular formula is C16H12Br2FN3O3S. The predicted octanol–water partition coefficient (Wildman–Crippen LogP) is 3.07. The number of benzene rings is 2. The van der Waals surface area contributed by atoms with Crippen LogP contribution in [0.15, 0.2) is 51.4 Å². The van der Waals surface area contributed by atoms with Gasteiger partial charge in [0.25, 0.3) is 11.8 Å². The van der Waals surface area contributed by atoms with Crippen molar-refractivity contribution in [2.24, 2.45) is 0 Å². The Morgan fingerprint density at radius 1 is 1.12 bits per heavy atom. The van der Waals surface area contributed by atoms with E-state index in [-0.39, 0.29) is 17.3 Å². The molecule has 2 rings (SSSR count). The number of hydrogen-bond donors (Lipinski definition) is 3. The fraction of sp³-hybridized carbons (Fsp3) is 0.0625. The molecule has 0 bridgehead atoms. The van der Waals surface area contributed by atoms with E-state index in [9.17, 15) is 14.0 Å². The summed E-state index contributed by atoms with van der Waals surface area (Å²) in [5.41, 5.74) is 4.45. The Morgan fingerprint density at radius 2 is 1.85 bits per heavy atom. The molecule has 26 heavy (non-hydrogen) atoms. The molecule has 2 aromatic rings. The Hall–Kier alpha value is -2.04. The highest BCUT2D eigenvalue weighted by Crippen LogP contribution is 2.27. The number of hydrogen-bond acceptors (Lipinski definition) is 4. The van der Waals surface area contributed by atoms with Crippen molar-refractivity contribution in [2.75, 3.05) is 6.61 Å². The molecule has 0 saturated heterocycles. The predicted molar refractivity (Wildman–Crippen MR) is 105 cm³/mol. The van der Waals surface area contributed by atoms with Gasteiger partial charge < -0.3 is 4.74 Å². The van der Waals surface area contributed by atoms with E-state index in [1.165, 1.54) is 18.2 Å². The highest BCUT2D eigenvalue weighted by atomic mass is 79.9. The van der Waals surface area contributed by atoms with Crippen LogP contribution in [0, 0.1) is 5.82 Å². The molecule has 2 amide bonds. The molecule has 3 N–H and O–H groups in total. The first-order valence-electron chi connectivity index (χ1n) is 7.09. The molecule has 136 valence electrons. The lowest BCUT2D eigenvalue weighted by molar-refractivity contribution is -0.123. The van der Waals surface area contributed by atoms with Crippen molar-refractivity contribution in [3.8, 4) is 5.75 Å². The summed E-state index contributed by atoms with van der Waals surface area (Å²) < 4.78 is 20.4. The third-order valence-corrected chi connectivity index (χ3v) is 4.23. The van der Waals surface area contributed by atoms with Crippen molar-refractivity contribution < 1.29 is 18.7 Å². The van der Waals surface area contributed by atoms with Gasteiger partial charge in [-0.1, -0.05) is 28.1 Å². The highest BCUT2D eigenvalue weighted by molar-refractivity contribution is 9.11. The monoisotopic (exact) mass is 503 g/mol. The first kappa shape index (κ1) is 20.3. The second kappa shape index (κ2) is 9.60. The van der Waals surface area contributed by atoms with Crippen LogP contribution in [0.5, 0.6) is 5.75 Å². The fourth-order valence-corrected chi connectivity index (χ4v) is 3.05. The van der Waals surface area contributed by atoms with Crippen molar-refractivity contribution >= 4 is 61.0 Å². The lowest BCUT2D eigenvalue weighted by Gasteiger charge is -2.12. The maximum atomic E-state index is 13.5. The van der Waals surface area contributed by atoms with Gasteiger partial charge in [0.05, 0.1) is 10.0 Å². The number of carbonyl (C=O) groups excluding carboxylic acids is 2. The van der Waals surface area contributed by atoms with E-state index in [1.807, 2.05) is 0 Å². The number of halogens is 3. The maximum absolute atomic E-state index is 13.5. The zero-order valence-electron chi connectivity index (χ0n) is 13.0. The van der Waals surface area contributed by atoms with Crippen molar-refractivity contribution in [1.82, 2.24) is 16.2 Å². The minimum absolute atomic E-state index is 0.161. The van der Waals surface area contributed by atoms with Crippen LogP contribution in [0.3, 0.4) is 0 Å². The molecule has 6 nitrogen and oxygen atoms in total.